The van der Waals surface area contributed by atoms with Gasteiger partial charge in [-0.25, -0.2) is 4.98 Å². The van der Waals surface area contributed by atoms with Crippen molar-refractivity contribution in [1.82, 2.24) is 14.5 Å². The van der Waals surface area contributed by atoms with Crippen LogP contribution in [0.5, 0.6) is 0 Å². The molecule has 0 aliphatic carbocycles. The van der Waals surface area contributed by atoms with Crippen molar-refractivity contribution in [2.24, 2.45) is 11.7 Å². The van der Waals surface area contributed by atoms with Crippen molar-refractivity contribution in [1.29, 1.82) is 0 Å². The number of nitrogens with zero attached hydrogens (tertiary/aromatic N) is 3. The van der Waals surface area contributed by atoms with E-state index in [0.717, 1.165) is 25.7 Å². The van der Waals surface area contributed by atoms with Crippen LogP contribution in [0.3, 0.4) is 0 Å². The van der Waals surface area contributed by atoms with Crippen molar-refractivity contribution in [3.8, 4) is 0 Å². The van der Waals surface area contributed by atoms with E-state index >= 15 is 0 Å². The summed E-state index contributed by atoms with van der Waals surface area (Å²) in [5, 5.41) is 0.580. The van der Waals surface area contributed by atoms with Gasteiger partial charge in [-0.1, -0.05) is 38.8 Å². The third-order valence-electron chi connectivity index (χ3n) is 5.51. The number of para-hydroxylation sites is 1. The summed E-state index contributed by atoms with van der Waals surface area (Å²) in [7, 11) is 1.61. The Hall–Kier alpha value is -2.25. The van der Waals surface area contributed by atoms with Crippen LogP contribution in [0, 0.1) is 5.92 Å². The Morgan fingerprint density at radius 1 is 1.16 bits per heavy atom. The van der Waals surface area contributed by atoms with Crippen molar-refractivity contribution in [2.75, 3.05) is 26.8 Å². The molecule has 7 heteroatoms. The van der Waals surface area contributed by atoms with E-state index in [-0.39, 0.29) is 23.4 Å². The molecule has 1 unspecified atom stereocenters. The van der Waals surface area contributed by atoms with Crippen LogP contribution in [0.1, 0.15) is 64.7 Å². The minimum atomic E-state index is -0.310. The van der Waals surface area contributed by atoms with Crippen molar-refractivity contribution >= 4 is 16.8 Å². The van der Waals surface area contributed by atoms with Gasteiger partial charge in [0, 0.05) is 20.1 Å². The van der Waals surface area contributed by atoms with E-state index in [1.807, 2.05) is 43.9 Å². The number of nitrogens with two attached hydrogens (primary N) is 1. The lowest BCUT2D eigenvalue weighted by Gasteiger charge is -2.31. The third-order valence-corrected chi connectivity index (χ3v) is 5.51. The van der Waals surface area contributed by atoms with Crippen LogP contribution in [-0.2, 0) is 16.1 Å². The first-order valence-electron chi connectivity index (χ1n) is 11.4. The molecule has 2 aromatic rings. The number of aromatic nitrogens is 2. The summed E-state index contributed by atoms with van der Waals surface area (Å²) >= 11 is 0. The normalized spacial score (nSPS) is 12.5. The number of benzene rings is 1. The van der Waals surface area contributed by atoms with E-state index in [1.54, 1.807) is 17.7 Å². The lowest BCUT2D eigenvalue weighted by molar-refractivity contribution is -0.134. The van der Waals surface area contributed by atoms with Crippen LogP contribution in [0.25, 0.3) is 10.9 Å². The number of carbonyl (C=O) groups is 1. The van der Waals surface area contributed by atoms with E-state index in [1.165, 1.54) is 0 Å². The monoisotopic (exact) mass is 430 g/mol. The van der Waals surface area contributed by atoms with Gasteiger partial charge in [-0.3, -0.25) is 14.2 Å². The molecule has 7 nitrogen and oxygen atoms in total. The highest BCUT2D eigenvalue weighted by atomic mass is 16.5. The van der Waals surface area contributed by atoms with Crippen LogP contribution < -0.4 is 11.3 Å². The smallest absolute Gasteiger partial charge is 0.261 e. The fraction of sp³-hybridized carbons (Fsp3) is 0.625. The Morgan fingerprint density at radius 2 is 1.87 bits per heavy atom. The number of hydrogen-bond acceptors (Lipinski definition) is 5. The first kappa shape index (κ1) is 25.0. The SMILES string of the molecule is COCCn1c(C(C)N(CCCCCCN)C(=O)CC(C)C)nc2ccccc2c1=O. The van der Waals surface area contributed by atoms with Gasteiger partial charge < -0.3 is 15.4 Å². The molecule has 1 heterocycles. The number of ether oxygens (including phenoxy) is 1. The second-order valence-corrected chi connectivity index (χ2v) is 8.50. The van der Waals surface area contributed by atoms with Crippen LogP contribution in [-0.4, -0.2) is 47.2 Å². The number of rotatable bonds is 13. The Kier molecular flexibility index (Phi) is 10.1. The number of methoxy groups -OCH3 is 1. The van der Waals surface area contributed by atoms with E-state index < -0.39 is 0 Å². The molecule has 0 radical (unpaired) electrons. The fourth-order valence-corrected chi connectivity index (χ4v) is 3.82. The molecule has 2 rings (SSSR count). The molecule has 1 aromatic heterocycles. The summed E-state index contributed by atoms with van der Waals surface area (Å²) in [4.78, 5) is 33.1. The maximum Gasteiger partial charge on any atom is 0.261 e. The van der Waals surface area contributed by atoms with Gasteiger partial charge in [0.15, 0.2) is 0 Å². The maximum atomic E-state index is 13.2. The molecule has 0 spiro atoms. The van der Waals surface area contributed by atoms with E-state index in [4.69, 9.17) is 15.5 Å². The van der Waals surface area contributed by atoms with Crippen molar-refractivity contribution in [3.05, 3.63) is 40.4 Å². The molecule has 1 atom stereocenters. The summed E-state index contributed by atoms with van der Waals surface area (Å²) in [5.74, 6) is 0.974. The molecule has 0 fully saturated rings. The largest absolute Gasteiger partial charge is 0.383 e. The molecular formula is C24H38N4O3. The zero-order valence-electron chi connectivity index (χ0n) is 19.5. The number of fused-ring (bicyclic) bond motifs is 1. The molecule has 1 amide bonds. The molecule has 0 saturated heterocycles. The Labute approximate surface area is 185 Å². The van der Waals surface area contributed by atoms with Gasteiger partial charge in [-0.15, -0.1) is 0 Å². The second kappa shape index (κ2) is 12.6. The van der Waals surface area contributed by atoms with Gasteiger partial charge in [0.25, 0.3) is 5.56 Å². The average molecular weight is 431 g/mol. The highest BCUT2D eigenvalue weighted by Crippen LogP contribution is 2.23. The molecule has 2 N–H and O–H groups in total. The second-order valence-electron chi connectivity index (χ2n) is 8.50. The molecule has 172 valence electrons. The van der Waals surface area contributed by atoms with Crippen molar-refractivity contribution in [3.63, 3.8) is 0 Å². The minimum Gasteiger partial charge on any atom is -0.383 e. The van der Waals surface area contributed by atoms with E-state index in [9.17, 15) is 9.59 Å². The quantitative estimate of drug-likeness (QED) is 0.491. The highest BCUT2D eigenvalue weighted by molar-refractivity contribution is 5.78. The lowest BCUT2D eigenvalue weighted by atomic mass is 10.1. The predicted octanol–water partition coefficient (Wildman–Crippen LogP) is 3.50. The zero-order chi connectivity index (χ0) is 22.8. The third kappa shape index (κ3) is 6.87. The molecule has 1 aromatic carbocycles. The number of carbonyl (C=O) groups excluding carboxylic acids is 1. The number of hydrogen-bond donors (Lipinski definition) is 1. The molecular weight excluding hydrogens is 392 g/mol. The van der Waals surface area contributed by atoms with Crippen LogP contribution in [0.4, 0.5) is 0 Å². The number of unbranched alkanes of at least 4 members (excludes halogenated alkanes) is 3. The van der Waals surface area contributed by atoms with Crippen LogP contribution in [0.2, 0.25) is 0 Å². The van der Waals surface area contributed by atoms with Crippen LogP contribution in [0.15, 0.2) is 29.1 Å². The fourth-order valence-electron chi connectivity index (χ4n) is 3.82. The molecule has 0 aliphatic heterocycles. The zero-order valence-corrected chi connectivity index (χ0v) is 19.5. The van der Waals surface area contributed by atoms with Gasteiger partial charge in [0.05, 0.1) is 30.1 Å². The standard InChI is InChI=1S/C24H38N4O3/c1-18(2)17-22(29)27(14-10-6-5-9-13-25)19(3)23-26-21-12-8-7-11-20(21)24(30)28(23)15-16-31-4/h7-8,11-12,18-19H,5-6,9-10,13-17,25H2,1-4H3. The molecule has 0 bridgehead atoms. The van der Waals surface area contributed by atoms with Crippen molar-refractivity contribution in [2.45, 2.75) is 65.5 Å². The lowest BCUT2D eigenvalue weighted by Crippen LogP contribution is -2.39. The van der Waals surface area contributed by atoms with Gasteiger partial charge in [0.2, 0.25) is 5.91 Å². The Balaban J connectivity index is 2.41. The summed E-state index contributed by atoms with van der Waals surface area (Å²) in [6, 6.07) is 7.05. The Bertz CT molecular complexity index is 894. The summed E-state index contributed by atoms with van der Waals surface area (Å²) in [6.07, 6.45) is 4.46. The van der Waals surface area contributed by atoms with Gasteiger partial charge in [-0.2, -0.15) is 0 Å². The first-order chi connectivity index (χ1) is 14.9. The molecule has 0 aliphatic rings. The van der Waals surface area contributed by atoms with Crippen LogP contribution >= 0.6 is 0 Å². The van der Waals surface area contributed by atoms with Gasteiger partial charge >= 0.3 is 0 Å². The van der Waals surface area contributed by atoms with E-state index in [2.05, 4.69) is 0 Å². The average Bonchev–Trinajstić information content (AvgIpc) is 2.74. The predicted molar refractivity (Wildman–Crippen MR) is 125 cm³/mol. The summed E-state index contributed by atoms with van der Waals surface area (Å²) < 4.78 is 6.90. The topological polar surface area (TPSA) is 90.4 Å². The molecule has 31 heavy (non-hydrogen) atoms. The first-order valence-corrected chi connectivity index (χ1v) is 11.4. The number of amides is 1. The van der Waals surface area contributed by atoms with Gasteiger partial charge in [-0.05, 0) is 44.4 Å². The minimum absolute atomic E-state index is 0.0938. The maximum absolute atomic E-state index is 13.2. The molecule has 0 saturated carbocycles. The summed E-state index contributed by atoms with van der Waals surface area (Å²) in [5.41, 5.74) is 6.16. The van der Waals surface area contributed by atoms with E-state index in [0.29, 0.717) is 49.4 Å². The van der Waals surface area contributed by atoms with Crippen molar-refractivity contribution < 1.29 is 9.53 Å². The Morgan fingerprint density at radius 3 is 2.55 bits per heavy atom. The highest BCUT2D eigenvalue weighted by Gasteiger charge is 2.26. The summed E-state index contributed by atoms with van der Waals surface area (Å²) in [6.45, 7) is 8.20. The van der Waals surface area contributed by atoms with Gasteiger partial charge in [0.1, 0.15) is 5.82 Å².